The van der Waals surface area contributed by atoms with Crippen molar-refractivity contribution in [3.8, 4) is 11.5 Å². The number of carbonyl (C=O) groups excluding carboxylic acids is 2. The van der Waals surface area contributed by atoms with Gasteiger partial charge in [0.1, 0.15) is 0 Å². The standard InChI is InChI=1S/C22H25NO5/c1-3-27-19-13-17(11-12-18(19)26-2)22(25)28-14-20(24)23-21(16-9-10-16)15-7-5-4-6-8-15/h4-8,11-13,16,21H,3,9-10,14H2,1-2H3,(H,23,24). The summed E-state index contributed by atoms with van der Waals surface area (Å²) < 4.78 is 15.9. The third-order valence-corrected chi connectivity index (χ3v) is 4.60. The number of methoxy groups -OCH3 is 1. The summed E-state index contributed by atoms with van der Waals surface area (Å²) in [5, 5.41) is 2.99. The lowest BCUT2D eigenvalue weighted by Crippen LogP contribution is -2.33. The van der Waals surface area contributed by atoms with Gasteiger partial charge in [0.15, 0.2) is 18.1 Å². The second-order valence-electron chi connectivity index (χ2n) is 6.67. The van der Waals surface area contributed by atoms with Crippen molar-refractivity contribution < 1.29 is 23.8 Å². The zero-order valence-corrected chi connectivity index (χ0v) is 16.1. The average Bonchev–Trinajstić information content (AvgIpc) is 3.56. The van der Waals surface area contributed by atoms with Gasteiger partial charge >= 0.3 is 5.97 Å². The Morgan fingerprint density at radius 1 is 1.11 bits per heavy atom. The lowest BCUT2D eigenvalue weighted by molar-refractivity contribution is -0.125. The van der Waals surface area contributed by atoms with Crippen LogP contribution in [0, 0.1) is 5.92 Å². The van der Waals surface area contributed by atoms with Crippen molar-refractivity contribution in [3.05, 3.63) is 59.7 Å². The van der Waals surface area contributed by atoms with E-state index in [-0.39, 0.29) is 18.6 Å². The van der Waals surface area contributed by atoms with E-state index in [2.05, 4.69) is 5.32 Å². The van der Waals surface area contributed by atoms with E-state index in [9.17, 15) is 9.59 Å². The van der Waals surface area contributed by atoms with Crippen molar-refractivity contribution in [1.29, 1.82) is 0 Å². The summed E-state index contributed by atoms with van der Waals surface area (Å²) in [5.41, 5.74) is 1.38. The van der Waals surface area contributed by atoms with E-state index in [0.29, 0.717) is 29.6 Å². The van der Waals surface area contributed by atoms with Gasteiger partial charge in [0.2, 0.25) is 0 Å². The Kier molecular flexibility index (Phi) is 6.53. The molecule has 6 heteroatoms. The molecule has 0 spiro atoms. The minimum atomic E-state index is -0.582. The number of nitrogens with one attached hydrogen (secondary N) is 1. The fourth-order valence-electron chi connectivity index (χ4n) is 3.06. The van der Waals surface area contributed by atoms with Gasteiger partial charge in [-0.3, -0.25) is 4.79 Å². The summed E-state index contributed by atoms with van der Waals surface area (Å²) in [6, 6.07) is 14.6. The van der Waals surface area contributed by atoms with Gasteiger partial charge in [-0.2, -0.15) is 0 Å². The molecule has 0 radical (unpaired) electrons. The molecule has 1 fully saturated rings. The second-order valence-corrected chi connectivity index (χ2v) is 6.67. The van der Waals surface area contributed by atoms with Gasteiger partial charge in [0.25, 0.3) is 5.91 Å². The predicted molar refractivity (Wildman–Crippen MR) is 104 cm³/mol. The minimum absolute atomic E-state index is 0.0436. The van der Waals surface area contributed by atoms with Crippen LogP contribution in [0.3, 0.4) is 0 Å². The number of ether oxygens (including phenoxy) is 3. The van der Waals surface area contributed by atoms with E-state index >= 15 is 0 Å². The first-order chi connectivity index (χ1) is 13.6. The molecule has 1 unspecified atom stereocenters. The number of hydrogen-bond donors (Lipinski definition) is 1. The topological polar surface area (TPSA) is 73.9 Å². The molecule has 1 atom stereocenters. The Hall–Kier alpha value is -3.02. The van der Waals surface area contributed by atoms with Crippen molar-refractivity contribution in [2.75, 3.05) is 20.3 Å². The van der Waals surface area contributed by atoms with Crippen LogP contribution >= 0.6 is 0 Å². The molecular formula is C22H25NO5. The maximum atomic E-state index is 12.3. The summed E-state index contributed by atoms with van der Waals surface area (Å²) in [7, 11) is 1.53. The van der Waals surface area contributed by atoms with Crippen LogP contribution in [0.5, 0.6) is 11.5 Å². The lowest BCUT2D eigenvalue weighted by Gasteiger charge is -2.18. The second kappa shape index (κ2) is 9.26. The number of hydrogen-bond acceptors (Lipinski definition) is 5. The van der Waals surface area contributed by atoms with Crippen molar-refractivity contribution in [1.82, 2.24) is 5.32 Å². The fourth-order valence-corrected chi connectivity index (χ4v) is 3.06. The van der Waals surface area contributed by atoms with Crippen molar-refractivity contribution in [3.63, 3.8) is 0 Å². The summed E-state index contributed by atoms with van der Waals surface area (Å²) in [5.74, 6) is 0.541. The largest absolute Gasteiger partial charge is 0.493 e. The van der Waals surface area contributed by atoms with E-state index in [1.165, 1.54) is 7.11 Å². The maximum absolute atomic E-state index is 12.3. The molecule has 1 aliphatic carbocycles. The first-order valence-corrected chi connectivity index (χ1v) is 9.44. The van der Waals surface area contributed by atoms with Gasteiger partial charge in [0.05, 0.1) is 25.3 Å². The molecule has 0 aliphatic heterocycles. The van der Waals surface area contributed by atoms with Crippen LogP contribution in [0.2, 0.25) is 0 Å². The molecule has 6 nitrogen and oxygen atoms in total. The lowest BCUT2D eigenvalue weighted by atomic mass is 10.0. The van der Waals surface area contributed by atoms with Crippen molar-refractivity contribution in [2.24, 2.45) is 5.92 Å². The van der Waals surface area contributed by atoms with E-state index in [1.807, 2.05) is 37.3 Å². The zero-order valence-electron chi connectivity index (χ0n) is 16.1. The monoisotopic (exact) mass is 383 g/mol. The van der Waals surface area contributed by atoms with Crippen molar-refractivity contribution >= 4 is 11.9 Å². The van der Waals surface area contributed by atoms with Crippen LogP contribution < -0.4 is 14.8 Å². The molecule has 2 aromatic rings. The molecule has 0 aromatic heterocycles. The zero-order chi connectivity index (χ0) is 19.9. The van der Waals surface area contributed by atoms with Gasteiger partial charge in [-0.1, -0.05) is 30.3 Å². The van der Waals surface area contributed by atoms with Gasteiger partial charge in [0, 0.05) is 0 Å². The number of carbonyl (C=O) groups is 2. The molecule has 2 aromatic carbocycles. The van der Waals surface area contributed by atoms with Gasteiger partial charge < -0.3 is 19.5 Å². The van der Waals surface area contributed by atoms with Crippen LogP contribution in [0.25, 0.3) is 0 Å². The molecule has 1 N–H and O–H groups in total. The van der Waals surface area contributed by atoms with Crippen LogP contribution in [-0.2, 0) is 9.53 Å². The van der Waals surface area contributed by atoms with Crippen LogP contribution in [-0.4, -0.2) is 32.2 Å². The predicted octanol–water partition coefficient (Wildman–Crippen LogP) is 3.52. The normalized spacial score (nSPS) is 14.1. The van der Waals surface area contributed by atoms with E-state index in [0.717, 1.165) is 18.4 Å². The third kappa shape index (κ3) is 5.03. The first-order valence-electron chi connectivity index (χ1n) is 9.44. The van der Waals surface area contributed by atoms with E-state index in [4.69, 9.17) is 14.2 Å². The summed E-state index contributed by atoms with van der Waals surface area (Å²) in [4.78, 5) is 24.6. The molecule has 148 valence electrons. The Balaban J connectivity index is 1.58. The Labute approximate surface area is 164 Å². The van der Waals surface area contributed by atoms with Crippen LogP contribution in [0.1, 0.15) is 41.7 Å². The van der Waals surface area contributed by atoms with E-state index < -0.39 is 5.97 Å². The van der Waals surface area contributed by atoms with Gasteiger partial charge in [-0.25, -0.2) is 4.79 Å². The molecule has 0 heterocycles. The third-order valence-electron chi connectivity index (χ3n) is 4.60. The highest BCUT2D eigenvalue weighted by atomic mass is 16.5. The molecule has 3 rings (SSSR count). The summed E-state index contributed by atoms with van der Waals surface area (Å²) in [6.45, 7) is 1.96. The quantitative estimate of drug-likeness (QED) is 0.671. The highest BCUT2D eigenvalue weighted by Crippen LogP contribution is 2.40. The Morgan fingerprint density at radius 2 is 1.86 bits per heavy atom. The summed E-state index contributed by atoms with van der Waals surface area (Å²) >= 11 is 0. The molecule has 28 heavy (non-hydrogen) atoms. The number of amides is 1. The SMILES string of the molecule is CCOc1cc(C(=O)OCC(=O)NC(c2ccccc2)C2CC2)ccc1OC. The molecule has 1 saturated carbocycles. The van der Waals surface area contributed by atoms with Crippen LogP contribution in [0.4, 0.5) is 0 Å². The Bertz CT molecular complexity index is 817. The van der Waals surface area contributed by atoms with Gasteiger partial charge in [-0.15, -0.1) is 0 Å². The molecule has 0 bridgehead atoms. The smallest absolute Gasteiger partial charge is 0.338 e. The Morgan fingerprint density at radius 3 is 2.50 bits per heavy atom. The molecule has 1 amide bonds. The first kappa shape index (κ1) is 19.7. The number of esters is 1. The average molecular weight is 383 g/mol. The molecule has 0 saturated heterocycles. The summed E-state index contributed by atoms with van der Waals surface area (Å²) in [6.07, 6.45) is 2.18. The van der Waals surface area contributed by atoms with Crippen molar-refractivity contribution in [2.45, 2.75) is 25.8 Å². The van der Waals surface area contributed by atoms with Gasteiger partial charge in [-0.05, 0) is 49.4 Å². The van der Waals surface area contributed by atoms with Crippen LogP contribution in [0.15, 0.2) is 48.5 Å². The number of benzene rings is 2. The number of rotatable bonds is 9. The highest BCUT2D eigenvalue weighted by Gasteiger charge is 2.33. The fraction of sp³-hybridized carbons (Fsp3) is 0.364. The van der Waals surface area contributed by atoms with E-state index in [1.54, 1.807) is 18.2 Å². The molecule has 1 aliphatic rings. The highest BCUT2D eigenvalue weighted by molar-refractivity contribution is 5.92. The maximum Gasteiger partial charge on any atom is 0.338 e. The minimum Gasteiger partial charge on any atom is -0.493 e. The molecular weight excluding hydrogens is 358 g/mol.